The fourth-order valence-corrected chi connectivity index (χ4v) is 2.35. The van der Waals surface area contributed by atoms with Crippen molar-refractivity contribution < 1.29 is 23.7 Å². The van der Waals surface area contributed by atoms with Crippen molar-refractivity contribution in [2.75, 3.05) is 21.3 Å². The minimum atomic E-state index is -0.816. The van der Waals surface area contributed by atoms with Gasteiger partial charge in [-0.05, 0) is 19.9 Å². The molecule has 0 saturated carbocycles. The molecule has 0 aliphatic heterocycles. The maximum absolute atomic E-state index is 11.6. The Labute approximate surface area is 134 Å². The zero-order chi connectivity index (χ0) is 17.2. The molecule has 6 nitrogen and oxygen atoms in total. The lowest BCUT2D eigenvalue weighted by atomic mass is 9.93. The van der Waals surface area contributed by atoms with Gasteiger partial charge in [0.25, 0.3) is 0 Å². The van der Waals surface area contributed by atoms with Crippen LogP contribution in [0.5, 0.6) is 11.5 Å². The fraction of sp³-hybridized carbons (Fsp3) is 0.471. The maximum atomic E-state index is 11.6. The molecule has 1 N–H and O–H groups in total. The van der Waals surface area contributed by atoms with E-state index in [9.17, 15) is 9.90 Å². The quantitative estimate of drug-likeness (QED) is 0.821. The van der Waals surface area contributed by atoms with Crippen LogP contribution in [0.4, 0.5) is 0 Å². The van der Waals surface area contributed by atoms with Gasteiger partial charge in [0.1, 0.15) is 17.1 Å². The lowest BCUT2D eigenvalue weighted by Crippen LogP contribution is -2.39. The lowest BCUT2D eigenvalue weighted by molar-refractivity contribution is -0.0765. The van der Waals surface area contributed by atoms with Crippen LogP contribution in [0.1, 0.15) is 19.4 Å². The second-order valence-electron chi connectivity index (χ2n) is 5.78. The van der Waals surface area contributed by atoms with E-state index < -0.39 is 17.3 Å². The highest BCUT2D eigenvalue weighted by Gasteiger charge is 2.30. The Bertz CT molecular complexity index is 747. The van der Waals surface area contributed by atoms with Crippen molar-refractivity contribution in [2.45, 2.75) is 32.0 Å². The van der Waals surface area contributed by atoms with E-state index in [1.807, 2.05) is 0 Å². The molecule has 0 amide bonds. The minimum Gasteiger partial charge on any atom is -0.496 e. The molecule has 0 fully saturated rings. The molecule has 126 valence electrons. The number of aliphatic hydroxyl groups is 1. The van der Waals surface area contributed by atoms with Crippen LogP contribution < -0.4 is 15.1 Å². The van der Waals surface area contributed by atoms with Gasteiger partial charge in [-0.25, -0.2) is 4.79 Å². The van der Waals surface area contributed by atoms with E-state index in [4.69, 9.17) is 18.6 Å². The van der Waals surface area contributed by atoms with Gasteiger partial charge in [0.05, 0.1) is 31.3 Å². The number of fused-ring (bicyclic) bond motifs is 1. The second kappa shape index (κ2) is 6.60. The first-order valence-electron chi connectivity index (χ1n) is 7.25. The largest absolute Gasteiger partial charge is 0.496 e. The first-order chi connectivity index (χ1) is 10.8. The van der Waals surface area contributed by atoms with Crippen molar-refractivity contribution in [3.05, 3.63) is 34.2 Å². The Balaban J connectivity index is 2.66. The fourth-order valence-electron chi connectivity index (χ4n) is 2.35. The number of aliphatic hydroxyl groups excluding tert-OH is 1. The zero-order valence-electron chi connectivity index (χ0n) is 14.0. The zero-order valence-corrected chi connectivity index (χ0v) is 14.0. The summed E-state index contributed by atoms with van der Waals surface area (Å²) in [6.07, 6.45) is -0.610. The molecule has 0 unspecified atom stereocenters. The summed E-state index contributed by atoms with van der Waals surface area (Å²) in [6.45, 7) is 3.57. The van der Waals surface area contributed by atoms with Crippen molar-refractivity contribution in [2.24, 2.45) is 0 Å². The van der Waals surface area contributed by atoms with E-state index in [-0.39, 0.29) is 6.42 Å². The third-order valence-corrected chi connectivity index (χ3v) is 4.10. The Morgan fingerprint density at radius 3 is 2.39 bits per heavy atom. The molecule has 1 aromatic heterocycles. The molecule has 2 aromatic rings. The Morgan fingerprint density at radius 1 is 1.17 bits per heavy atom. The number of benzene rings is 1. The maximum Gasteiger partial charge on any atom is 0.336 e. The molecular formula is C17H22O6. The van der Waals surface area contributed by atoms with Crippen LogP contribution in [0.25, 0.3) is 11.0 Å². The lowest BCUT2D eigenvalue weighted by Gasteiger charge is -2.29. The molecule has 23 heavy (non-hydrogen) atoms. The first kappa shape index (κ1) is 17.3. The van der Waals surface area contributed by atoms with E-state index in [2.05, 4.69) is 0 Å². The van der Waals surface area contributed by atoms with Crippen LogP contribution in [0.15, 0.2) is 27.4 Å². The molecule has 1 aromatic carbocycles. The van der Waals surface area contributed by atoms with Crippen LogP contribution in [0.3, 0.4) is 0 Å². The molecule has 1 atom stereocenters. The Hall–Kier alpha value is -2.05. The van der Waals surface area contributed by atoms with E-state index in [1.54, 1.807) is 26.0 Å². The summed E-state index contributed by atoms with van der Waals surface area (Å²) in [7, 11) is 4.58. The average molecular weight is 322 g/mol. The normalized spacial score (nSPS) is 13.1. The first-order valence-corrected chi connectivity index (χ1v) is 7.25. The molecule has 0 aliphatic rings. The highest BCUT2D eigenvalue weighted by atomic mass is 16.5. The van der Waals surface area contributed by atoms with E-state index in [0.29, 0.717) is 28.0 Å². The van der Waals surface area contributed by atoms with Gasteiger partial charge in [-0.1, -0.05) is 0 Å². The van der Waals surface area contributed by atoms with Gasteiger partial charge in [0.2, 0.25) is 0 Å². The predicted octanol–water partition coefficient (Wildman–Crippen LogP) is 2.14. The number of methoxy groups -OCH3 is 3. The summed E-state index contributed by atoms with van der Waals surface area (Å²) in [4.78, 5) is 11.6. The topological polar surface area (TPSA) is 78.1 Å². The third-order valence-electron chi connectivity index (χ3n) is 4.10. The molecule has 6 heteroatoms. The summed E-state index contributed by atoms with van der Waals surface area (Å²) in [5.41, 5.74) is -0.292. The van der Waals surface area contributed by atoms with Crippen molar-refractivity contribution in [1.29, 1.82) is 0 Å². The summed E-state index contributed by atoms with van der Waals surface area (Å²) in [5.74, 6) is 1.01. The highest BCUT2D eigenvalue weighted by molar-refractivity contribution is 5.88. The SMILES string of the molecule is COc1cc(OC)c2ccc(=O)oc2c1C[C@H](O)C(C)(C)OC. The standard InChI is InChI=1S/C17H22O6/c1-17(2,22-5)14(18)8-11-13(21-4)9-12(20-3)10-6-7-15(19)23-16(10)11/h6-7,9,14,18H,8H2,1-5H3/t14-/m0/s1. The van der Waals surface area contributed by atoms with E-state index in [1.165, 1.54) is 27.4 Å². The van der Waals surface area contributed by atoms with E-state index >= 15 is 0 Å². The summed E-state index contributed by atoms with van der Waals surface area (Å²) in [5, 5.41) is 11.1. The van der Waals surface area contributed by atoms with Crippen molar-refractivity contribution >= 4 is 11.0 Å². The summed E-state index contributed by atoms with van der Waals surface area (Å²) in [6, 6.07) is 4.68. The van der Waals surface area contributed by atoms with Crippen LogP contribution >= 0.6 is 0 Å². The molecule has 0 bridgehead atoms. The van der Waals surface area contributed by atoms with E-state index in [0.717, 1.165) is 0 Å². The van der Waals surface area contributed by atoms with Gasteiger partial charge < -0.3 is 23.7 Å². The van der Waals surface area contributed by atoms with Crippen molar-refractivity contribution in [3.63, 3.8) is 0 Å². The van der Waals surface area contributed by atoms with Gasteiger partial charge in [-0.3, -0.25) is 0 Å². The Kier molecular flexibility index (Phi) is 4.97. The molecule has 0 saturated heterocycles. The summed E-state index contributed by atoms with van der Waals surface area (Å²) < 4.78 is 21.4. The molecule has 2 rings (SSSR count). The third kappa shape index (κ3) is 3.33. The number of ether oxygens (including phenoxy) is 3. The van der Waals surface area contributed by atoms with Gasteiger partial charge >= 0.3 is 5.63 Å². The Morgan fingerprint density at radius 2 is 1.83 bits per heavy atom. The van der Waals surface area contributed by atoms with Crippen LogP contribution in [0, 0.1) is 0 Å². The smallest absolute Gasteiger partial charge is 0.336 e. The van der Waals surface area contributed by atoms with Crippen LogP contribution in [0.2, 0.25) is 0 Å². The van der Waals surface area contributed by atoms with Gasteiger partial charge in [0, 0.05) is 31.2 Å². The minimum absolute atomic E-state index is 0.206. The van der Waals surface area contributed by atoms with Gasteiger partial charge in [-0.15, -0.1) is 0 Å². The van der Waals surface area contributed by atoms with Gasteiger partial charge in [-0.2, -0.15) is 0 Å². The molecular weight excluding hydrogens is 300 g/mol. The van der Waals surface area contributed by atoms with Crippen molar-refractivity contribution in [1.82, 2.24) is 0 Å². The molecule has 0 spiro atoms. The average Bonchev–Trinajstić information content (AvgIpc) is 2.54. The second-order valence-corrected chi connectivity index (χ2v) is 5.78. The number of rotatable bonds is 6. The van der Waals surface area contributed by atoms with Crippen molar-refractivity contribution in [3.8, 4) is 11.5 Å². The number of hydrogen-bond acceptors (Lipinski definition) is 6. The van der Waals surface area contributed by atoms with Crippen LogP contribution in [-0.4, -0.2) is 38.1 Å². The number of hydrogen-bond donors (Lipinski definition) is 1. The summed E-state index contributed by atoms with van der Waals surface area (Å²) >= 11 is 0. The molecule has 1 heterocycles. The van der Waals surface area contributed by atoms with Crippen LogP contribution in [-0.2, 0) is 11.2 Å². The monoisotopic (exact) mass is 322 g/mol. The molecule has 0 radical (unpaired) electrons. The predicted molar refractivity (Wildman–Crippen MR) is 86.4 cm³/mol. The van der Waals surface area contributed by atoms with Gasteiger partial charge in [0.15, 0.2) is 0 Å². The highest BCUT2D eigenvalue weighted by Crippen LogP contribution is 2.36. The molecule has 0 aliphatic carbocycles.